The Hall–Kier alpha value is 2.57. The number of alkyl halides is 10. The summed E-state index contributed by atoms with van der Waals surface area (Å²) < 4.78 is -1.94. The van der Waals surface area contributed by atoms with Crippen molar-refractivity contribution in [3.05, 3.63) is 0 Å². The number of carbonyl (C=O) groups excluding carboxylic acids is 1. The van der Waals surface area contributed by atoms with Crippen molar-refractivity contribution in [3.8, 4) is 0 Å². The van der Waals surface area contributed by atoms with Crippen LogP contribution in [0.5, 0.6) is 0 Å². The minimum absolute atomic E-state index is 0.690. The quantitative estimate of drug-likeness (QED) is 0.351. The molecular formula is C10Cl10O. The second kappa shape index (κ2) is 2.96. The van der Waals surface area contributed by atoms with Crippen molar-refractivity contribution < 1.29 is 4.79 Å². The molecule has 0 aliphatic heterocycles. The second-order valence-corrected chi connectivity index (χ2v) is 12.0. The van der Waals surface area contributed by atoms with E-state index in [0.717, 1.165) is 0 Å². The fourth-order valence-electron chi connectivity index (χ4n) is 5.64. The lowest BCUT2D eigenvalue weighted by Crippen LogP contribution is -3.03. The van der Waals surface area contributed by atoms with E-state index in [2.05, 4.69) is 0 Å². The molecule has 0 spiro atoms. The Morgan fingerprint density at radius 1 is 0.476 bits per heavy atom. The molecule has 6 fully saturated rings. The molecule has 0 radical (unpaired) electrons. The predicted octanol–water partition coefficient (Wildman–Crippen LogP) is 4.62. The van der Waals surface area contributed by atoms with Crippen LogP contribution < -0.4 is 0 Å². The molecule has 1 nitrogen and oxygen atoms in total. The summed E-state index contributed by atoms with van der Waals surface area (Å²) in [4.78, 5) is -2.01. The third kappa shape index (κ3) is 0.636. The number of halogens is 10. The van der Waals surface area contributed by atoms with E-state index in [4.69, 9.17) is 116 Å². The van der Waals surface area contributed by atoms with Crippen LogP contribution in [0.25, 0.3) is 0 Å². The first kappa shape index (κ1) is 15.8. The number of hydrogen-bond donors (Lipinski definition) is 0. The van der Waals surface area contributed by atoms with Crippen LogP contribution in [-0.2, 0) is 4.79 Å². The summed E-state index contributed by atoms with van der Waals surface area (Å²) in [5.74, 6) is -0.690. The van der Waals surface area contributed by atoms with Gasteiger partial charge >= 0.3 is 0 Å². The Morgan fingerprint density at radius 3 is 0.952 bits per heavy atom. The molecule has 0 aromatic carbocycles. The number of ketones is 1. The number of carbonyl (C=O) groups is 1. The van der Waals surface area contributed by atoms with Gasteiger partial charge in [0.15, 0.2) is 19.9 Å². The van der Waals surface area contributed by atoms with Crippen LogP contribution in [0.3, 0.4) is 0 Å². The highest BCUT2D eigenvalue weighted by molar-refractivity contribution is 6.83. The molecule has 21 heavy (non-hydrogen) atoms. The molecule has 0 heterocycles. The van der Waals surface area contributed by atoms with E-state index in [1.807, 2.05) is 0 Å². The number of rotatable bonds is 0. The maximum Gasteiger partial charge on any atom is 0.182 e. The second-order valence-electron chi connectivity index (χ2n) is 6.17. The summed E-state index contributed by atoms with van der Waals surface area (Å²) in [5.41, 5.74) is 0. The summed E-state index contributed by atoms with van der Waals surface area (Å²) in [7, 11) is 0. The monoisotopic (exact) mass is 496 g/mol. The van der Waals surface area contributed by atoms with E-state index in [1.165, 1.54) is 0 Å². The molecule has 0 N–H and O–H groups in total. The van der Waals surface area contributed by atoms with Gasteiger partial charge in [0, 0.05) is 0 Å². The lowest BCUT2D eigenvalue weighted by molar-refractivity contribution is -0.122. The van der Waals surface area contributed by atoms with Gasteiger partial charge in [-0.3, -0.25) is 4.79 Å². The SMILES string of the molecule is O=[13C]1[13C]2(Cl)[13C]3(Cl)[13C]4(Cl)[13C](Cl)(Cl)[13C]5(Cl)[13C]3(Cl)[13C]1(Cl)[13C]5(Cl)[13C]24Cl. The minimum atomic E-state index is -1.94. The Balaban J connectivity index is 2.08. The topological polar surface area (TPSA) is 17.1 Å². The maximum absolute atomic E-state index is 12.8. The van der Waals surface area contributed by atoms with Gasteiger partial charge in [-0.05, 0) is 0 Å². The average Bonchev–Trinajstić information content (AvgIpc) is 2.64. The molecule has 11 heteroatoms. The van der Waals surface area contributed by atoms with Crippen LogP contribution in [-0.4, -0.2) is 49.1 Å². The lowest BCUT2D eigenvalue weighted by Gasteiger charge is -2.80. The first-order chi connectivity index (χ1) is 9.15. The van der Waals surface area contributed by atoms with Crippen molar-refractivity contribution in [2.24, 2.45) is 0 Å². The van der Waals surface area contributed by atoms with Gasteiger partial charge in [0.05, 0.1) is 0 Å². The molecular weight excluding hydrogens is 501 g/mol. The van der Waals surface area contributed by atoms with E-state index in [0.29, 0.717) is 0 Å². The van der Waals surface area contributed by atoms with Crippen molar-refractivity contribution in [1.29, 1.82) is 0 Å². The molecule has 116 valence electrons. The van der Waals surface area contributed by atoms with Crippen LogP contribution >= 0.6 is 116 Å². The number of hydrogen-bond acceptors (Lipinski definition) is 1. The van der Waals surface area contributed by atoms with Gasteiger partial charge < -0.3 is 0 Å². The van der Waals surface area contributed by atoms with E-state index in [-0.39, 0.29) is 0 Å². The van der Waals surface area contributed by atoms with Crippen molar-refractivity contribution in [2.45, 2.75) is 43.3 Å². The molecule has 6 saturated carbocycles. The Labute approximate surface area is 168 Å². The zero-order valence-electron chi connectivity index (χ0n) is 9.19. The molecule has 4 unspecified atom stereocenters. The van der Waals surface area contributed by atoms with E-state index in [1.54, 1.807) is 0 Å². The zero-order valence-corrected chi connectivity index (χ0v) is 16.7. The Bertz CT molecular complexity index is 631. The normalized spacial score (nSPS) is 81.0. The van der Waals surface area contributed by atoms with E-state index in [9.17, 15) is 4.79 Å². The first-order valence-electron chi connectivity index (χ1n) is 5.59. The van der Waals surface area contributed by atoms with Gasteiger partial charge in [-0.25, -0.2) is 0 Å². The standard InChI is InChI=1S/C10Cl10O/c11-2-1(21)3(12)6(15)4(2,13)8(17)5(2,14)7(3,16)9(6,18)10(8,19)20/i1+1,2+1,3+1,4+1,5+1,6+1,7+1,8+1,9+1,10+1. The van der Waals surface area contributed by atoms with Crippen LogP contribution in [0.4, 0.5) is 0 Å². The van der Waals surface area contributed by atoms with Crippen LogP contribution in [0.15, 0.2) is 0 Å². The zero-order chi connectivity index (χ0) is 16.1. The fourth-order valence-corrected chi connectivity index (χ4v) is 14.0. The highest BCUT2D eigenvalue weighted by atomic mass is 35.5. The predicted molar refractivity (Wildman–Crippen MR) is 88.1 cm³/mol. The lowest BCUT2D eigenvalue weighted by atomic mass is 10.4. The van der Waals surface area contributed by atoms with Crippen LogP contribution in [0.2, 0.25) is 0 Å². The van der Waals surface area contributed by atoms with Crippen molar-refractivity contribution in [3.63, 3.8) is 0 Å². The Morgan fingerprint density at radius 2 is 0.714 bits per heavy atom. The molecule has 6 rings (SSSR count). The van der Waals surface area contributed by atoms with Gasteiger partial charge in [0.25, 0.3) is 0 Å². The molecule has 0 amide bonds. The number of Topliss-reactive ketones (excluding diaryl/α,β-unsaturated/α-hetero) is 1. The fraction of sp³-hybridized carbons (Fsp3) is 0.900. The van der Waals surface area contributed by atoms with Gasteiger partial charge in [0.2, 0.25) is 0 Å². The molecule has 0 saturated heterocycles. The van der Waals surface area contributed by atoms with Gasteiger partial charge in [0.1, 0.15) is 29.2 Å². The Kier molecular flexibility index (Phi) is 2.23. The summed E-state index contributed by atoms with van der Waals surface area (Å²) in [6, 6.07) is 0. The largest absolute Gasteiger partial charge is 0.295 e. The smallest absolute Gasteiger partial charge is 0.182 e. The van der Waals surface area contributed by atoms with Crippen molar-refractivity contribution in [2.75, 3.05) is 0 Å². The molecule has 0 aromatic heterocycles. The van der Waals surface area contributed by atoms with Crippen molar-refractivity contribution in [1.82, 2.24) is 0 Å². The summed E-state index contributed by atoms with van der Waals surface area (Å²) in [5, 5.41) is 0. The highest BCUT2D eigenvalue weighted by Crippen LogP contribution is 3.09. The van der Waals surface area contributed by atoms with E-state index < -0.39 is 49.1 Å². The third-order valence-electron chi connectivity index (χ3n) is 6.24. The van der Waals surface area contributed by atoms with Crippen LogP contribution in [0.1, 0.15) is 0 Å². The molecule has 0 aromatic rings. The maximum atomic E-state index is 12.8. The minimum Gasteiger partial charge on any atom is -0.295 e. The van der Waals surface area contributed by atoms with Gasteiger partial charge in [-0.15, -0.1) is 92.8 Å². The first-order valence-corrected chi connectivity index (χ1v) is 9.37. The van der Waals surface area contributed by atoms with Crippen molar-refractivity contribution >= 4 is 122 Å². The van der Waals surface area contributed by atoms with Crippen LogP contribution in [0, 0.1) is 0 Å². The van der Waals surface area contributed by atoms with Gasteiger partial charge in [-0.1, -0.05) is 23.2 Å². The molecule has 6 aliphatic rings. The van der Waals surface area contributed by atoms with E-state index >= 15 is 0 Å². The van der Waals surface area contributed by atoms with Gasteiger partial charge in [-0.2, -0.15) is 0 Å². The summed E-state index contributed by atoms with van der Waals surface area (Å²) >= 11 is 65.7. The third-order valence-corrected chi connectivity index (χ3v) is 15.3. The summed E-state index contributed by atoms with van der Waals surface area (Å²) in [6.45, 7) is 0. The summed E-state index contributed by atoms with van der Waals surface area (Å²) in [6.07, 6.45) is 0. The average molecular weight is 501 g/mol. The molecule has 6 aliphatic carbocycles. The highest BCUT2D eigenvalue weighted by Gasteiger charge is 3.30. The molecule has 4 bridgehead atoms. The molecule has 4 atom stereocenters.